The molecule has 2 unspecified atom stereocenters. The number of hydrogen-bond acceptors (Lipinski definition) is 2. The summed E-state index contributed by atoms with van der Waals surface area (Å²) < 4.78 is 0. The third kappa shape index (κ3) is 2.34. The Bertz CT molecular complexity index is 309. The molecule has 14 heavy (non-hydrogen) atoms. The molecule has 0 radical (unpaired) electrons. The van der Waals surface area contributed by atoms with Gasteiger partial charge in [-0.05, 0) is 31.4 Å². The standard InChI is InChI=1S/C12H19NO/c1-4-11(13)12(14)10-6-5-8(2)7-9(10)3/h5-7,11-12,14H,4,13H2,1-3H3. The Balaban J connectivity index is 2.95. The van der Waals surface area contributed by atoms with Gasteiger partial charge in [0.1, 0.15) is 0 Å². The van der Waals surface area contributed by atoms with Gasteiger partial charge in [0.15, 0.2) is 0 Å². The van der Waals surface area contributed by atoms with Crippen LogP contribution in [-0.2, 0) is 0 Å². The van der Waals surface area contributed by atoms with Gasteiger partial charge < -0.3 is 10.8 Å². The first-order valence-corrected chi connectivity index (χ1v) is 5.07. The van der Waals surface area contributed by atoms with Crippen molar-refractivity contribution in [2.24, 2.45) is 5.73 Å². The van der Waals surface area contributed by atoms with Gasteiger partial charge in [0, 0.05) is 6.04 Å². The fourth-order valence-electron chi connectivity index (χ4n) is 1.61. The van der Waals surface area contributed by atoms with E-state index in [2.05, 4.69) is 6.07 Å². The largest absolute Gasteiger partial charge is 0.387 e. The maximum absolute atomic E-state index is 9.94. The van der Waals surface area contributed by atoms with Crippen LogP contribution in [0.5, 0.6) is 0 Å². The van der Waals surface area contributed by atoms with E-state index in [1.54, 1.807) is 0 Å². The highest BCUT2D eigenvalue weighted by Gasteiger charge is 2.16. The number of rotatable bonds is 3. The molecule has 0 aliphatic heterocycles. The van der Waals surface area contributed by atoms with Crippen molar-refractivity contribution in [3.8, 4) is 0 Å². The summed E-state index contributed by atoms with van der Waals surface area (Å²) in [5.41, 5.74) is 9.08. The molecule has 0 fully saturated rings. The van der Waals surface area contributed by atoms with E-state index in [1.807, 2.05) is 32.9 Å². The van der Waals surface area contributed by atoms with Gasteiger partial charge in [-0.3, -0.25) is 0 Å². The minimum atomic E-state index is -0.541. The molecule has 1 rings (SSSR count). The van der Waals surface area contributed by atoms with Gasteiger partial charge in [0.2, 0.25) is 0 Å². The number of hydrogen-bond donors (Lipinski definition) is 2. The number of aryl methyl sites for hydroxylation is 2. The lowest BCUT2D eigenvalue weighted by Gasteiger charge is -2.19. The minimum absolute atomic E-state index is 0.170. The predicted molar refractivity (Wildman–Crippen MR) is 59.1 cm³/mol. The van der Waals surface area contributed by atoms with Gasteiger partial charge in [-0.25, -0.2) is 0 Å². The number of benzene rings is 1. The Morgan fingerprint density at radius 2 is 2.00 bits per heavy atom. The van der Waals surface area contributed by atoms with Crippen molar-refractivity contribution >= 4 is 0 Å². The normalized spacial score (nSPS) is 15.2. The summed E-state index contributed by atoms with van der Waals surface area (Å²) >= 11 is 0. The van der Waals surface area contributed by atoms with Crippen LogP contribution in [0.1, 0.15) is 36.1 Å². The van der Waals surface area contributed by atoms with Crippen molar-refractivity contribution in [3.05, 3.63) is 34.9 Å². The van der Waals surface area contributed by atoms with Gasteiger partial charge in [0.05, 0.1) is 6.10 Å². The second-order valence-electron chi connectivity index (χ2n) is 3.88. The Morgan fingerprint density at radius 3 is 2.50 bits per heavy atom. The lowest BCUT2D eigenvalue weighted by atomic mass is 9.96. The van der Waals surface area contributed by atoms with E-state index in [0.717, 1.165) is 17.5 Å². The number of aliphatic hydroxyl groups excluding tert-OH is 1. The summed E-state index contributed by atoms with van der Waals surface area (Å²) in [6, 6.07) is 5.87. The summed E-state index contributed by atoms with van der Waals surface area (Å²) in [5.74, 6) is 0. The van der Waals surface area contributed by atoms with Crippen LogP contribution in [-0.4, -0.2) is 11.1 Å². The third-order valence-corrected chi connectivity index (χ3v) is 2.62. The summed E-state index contributed by atoms with van der Waals surface area (Å²) in [7, 11) is 0. The van der Waals surface area contributed by atoms with Crippen molar-refractivity contribution in [1.29, 1.82) is 0 Å². The molecule has 3 N–H and O–H groups in total. The topological polar surface area (TPSA) is 46.2 Å². The van der Waals surface area contributed by atoms with Crippen LogP contribution in [0.4, 0.5) is 0 Å². The molecule has 2 heteroatoms. The van der Waals surface area contributed by atoms with Crippen molar-refractivity contribution in [2.75, 3.05) is 0 Å². The van der Waals surface area contributed by atoms with E-state index < -0.39 is 6.10 Å². The van der Waals surface area contributed by atoms with E-state index in [9.17, 15) is 5.11 Å². The first kappa shape index (κ1) is 11.2. The Kier molecular flexibility index (Phi) is 3.67. The highest BCUT2D eigenvalue weighted by molar-refractivity contribution is 5.32. The monoisotopic (exact) mass is 193 g/mol. The van der Waals surface area contributed by atoms with Gasteiger partial charge in [-0.1, -0.05) is 30.7 Å². The van der Waals surface area contributed by atoms with Gasteiger partial charge in [-0.2, -0.15) is 0 Å². The molecule has 2 atom stereocenters. The van der Waals surface area contributed by atoms with Crippen molar-refractivity contribution in [1.82, 2.24) is 0 Å². The zero-order valence-corrected chi connectivity index (χ0v) is 9.12. The fourth-order valence-corrected chi connectivity index (χ4v) is 1.61. The molecule has 0 aliphatic carbocycles. The second kappa shape index (κ2) is 4.58. The molecule has 0 aliphatic rings. The van der Waals surface area contributed by atoms with E-state index in [4.69, 9.17) is 5.73 Å². The molecular weight excluding hydrogens is 174 g/mol. The van der Waals surface area contributed by atoms with Crippen LogP contribution < -0.4 is 5.73 Å². The van der Waals surface area contributed by atoms with E-state index in [-0.39, 0.29) is 6.04 Å². The quantitative estimate of drug-likeness (QED) is 0.772. The van der Waals surface area contributed by atoms with Crippen LogP contribution in [0.25, 0.3) is 0 Å². The van der Waals surface area contributed by atoms with Crippen LogP contribution in [0.3, 0.4) is 0 Å². The number of nitrogens with two attached hydrogens (primary N) is 1. The van der Waals surface area contributed by atoms with Crippen LogP contribution in [0, 0.1) is 13.8 Å². The minimum Gasteiger partial charge on any atom is -0.387 e. The summed E-state index contributed by atoms with van der Waals surface area (Å²) in [6.07, 6.45) is 0.245. The molecular formula is C12H19NO. The fraction of sp³-hybridized carbons (Fsp3) is 0.500. The molecule has 0 saturated heterocycles. The smallest absolute Gasteiger partial charge is 0.0943 e. The molecule has 0 spiro atoms. The molecule has 1 aromatic rings. The van der Waals surface area contributed by atoms with E-state index in [0.29, 0.717) is 0 Å². The molecule has 0 bridgehead atoms. The summed E-state index contributed by atoms with van der Waals surface area (Å²) in [6.45, 7) is 6.04. The highest BCUT2D eigenvalue weighted by Crippen LogP contribution is 2.21. The van der Waals surface area contributed by atoms with Gasteiger partial charge in [0.25, 0.3) is 0 Å². The molecule has 2 nitrogen and oxygen atoms in total. The lowest BCUT2D eigenvalue weighted by molar-refractivity contribution is 0.144. The Labute approximate surface area is 85.8 Å². The molecule has 0 amide bonds. The predicted octanol–water partition coefficient (Wildman–Crippen LogP) is 2.07. The van der Waals surface area contributed by atoms with Gasteiger partial charge in [-0.15, -0.1) is 0 Å². The Hall–Kier alpha value is -0.860. The molecule has 78 valence electrons. The van der Waals surface area contributed by atoms with Gasteiger partial charge >= 0.3 is 0 Å². The molecule has 1 aromatic carbocycles. The Morgan fingerprint density at radius 1 is 1.36 bits per heavy atom. The zero-order chi connectivity index (χ0) is 10.7. The van der Waals surface area contributed by atoms with Crippen molar-refractivity contribution in [2.45, 2.75) is 39.3 Å². The van der Waals surface area contributed by atoms with Crippen LogP contribution in [0.2, 0.25) is 0 Å². The molecule has 0 aromatic heterocycles. The zero-order valence-electron chi connectivity index (χ0n) is 9.12. The summed E-state index contributed by atoms with van der Waals surface area (Å²) in [4.78, 5) is 0. The maximum Gasteiger partial charge on any atom is 0.0943 e. The number of aliphatic hydroxyl groups is 1. The molecule has 0 saturated carbocycles. The highest BCUT2D eigenvalue weighted by atomic mass is 16.3. The second-order valence-corrected chi connectivity index (χ2v) is 3.88. The average molecular weight is 193 g/mol. The van der Waals surface area contributed by atoms with Crippen molar-refractivity contribution in [3.63, 3.8) is 0 Å². The van der Waals surface area contributed by atoms with E-state index in [1.165, 1.54) is 5.56 Å². The maximum atomic E-state index is 9.94. The lowest BCUT2D eigenvalue weighted by Crippen LogP contribution is -2.27. The molecule has 0 heterocycles. The average Bonchev–Trinajstić information content (AvgIpc) is 2.15. The van der Waals surface area contributed by atoms with Crippen LogP contribution in [0.15, 0.2) is 18.2 Å². The van der Waals surface area contributed by atoms with Crippen molar-refractivity contribution < 1.29 is 5.11 Å². The third-order valence-electron chi connectivity index (χ3n) is 2.62. The van der Waals surface area contributed by atoms with E-state index >= 15 is 0 Å². The summed E-state index contributed by atoms with van der Waals surface area (Å²) in [5, 5.41) is 9.94. The first-order valence-electron chi connectivity index (χ1n) is 5.07. The van der Waals surface area contributed by atoms with Crippen LogP contribution >= 0.6 is 0 Å². The first-order chi connectivity index (χ1) is 6.56. The SMILES string of the molecule is CCC(N)C(O)c1ccc(C)cc1C.